The van der Waals surface area contributed by atoms with Gasteiger partial charge in [0.25, 0.3) is 11.7 Å². The summed E-state index contributed by atoms with van der Waals surface area (Å²) in [5.74, 6) is 0.601. The molecule has 2 heterocycles. The molecule has 0 aliphatic carbocycles. The predicted octanol–water partition coefficient (Wildman–Crippen LogP) is 1.87. The highest BCUT2D eigenvalue weighted by Gasteiger charge is 2.17. The van der Waals surface area contributed by atoms with Crippen molar-refractivity contribution in [3.05, 3.63) is 40.7 Å². The van der Waals surface area contributed by atoms with Crippen LogP contribution in [0, 0.1) is 13.8 Å². The molecule has 0 fully saturated rings. The number of ether oxygens (including phenoxy) is 2. The SMILES string of the molecule is CCOc1ccc(C(=O)NNC(=O)Cc2c(C)nc3nc(SC)nn3c2C)cc1OC. The maximum atomic E-state index is 12.5. The average Bonchev–Trinajstić information content (AvgIpc) is 3.18. The van der Waals surface area contributed by atoms with Crippen molar-refractivity contribution >= 4 is 29.4 Å². The molecule has 0 unspecified atom stereocenters. The van der Waals surface area contributed by atoms with Crippen molar-refractivity contribution in [2.75, 3.05) is 20.0 Å². The molecular weight excluding hydrogens is 420 g/mol. The minimum atomic E-state index is -0.474. The minimum absolute atomic E-state index is 0.0297. The van der Waals surface area contributed by atoms with Gasteiger partial charge in [-0.2, -0.15) is 4.98 Å². The normalized spacial score (nSPS) is 10.7. The van der Waals surface area contributed by atoms with Gasteiger partial charge in [0.1, 0.15) is 0 Å². The first-order chi connectivity index (χ1) is 14.9. The lowest BCUT2D eigenvalue weighted by Gasteiger charge is -2.13. The molecule has 0 aliphatic heterocycles. The molecule has 164 valence electrons. The maximum Gasteiger partial charge on any atom is 0.269 e. The number of nitrogens with zero attached hydrogens (tertiary/aromatic N) is 4. The summed E-state index contributed by atoms with van der Waals surface area (Å²) in [6, 6.07) is 4.79. The van der Waals surface area contributed by atoms with Crippen LogP contribution in [0.2, 0.25) is 0 Å². The number of aryl methyl sites for hydroxylation is 2. The van der Waals surface area contributed by atoms with Gasteiger partial charge in [0.05, 0.1) is 20.1 Å². The third-order valence-corrected chi connectivity index (χ3v) is 5.13. The second-order valence-corrected chi connectivity index (χ2v) is 7.32. The maximum absolute atomic E-state index is 12.5. The minimum Gasteiger partial charge on any atom is -0.493 e. The number of hydrogen-bond acceptors (Lipinski definition) is 8. The van der Waals surface area contributed by atoms with Crippen molar-refractivity contribution in [1.29, 1.82) is 0 Å². The van der Waals surface area contributed by atoms with Crippen molar-refractivity contribution in [3.8, 4) is 11.5 Å². The molecule has 0 spiro atoms. The van der Waals surface area contributed by atoms with E-state index in [-0.39, 0.29) is 12.3 Å². The zero-order valence-electron chi connectivity index (χ0n) is 18.0. The first-order valence-corrected chi connectivity index (χ1v) is 10.8. The van der Waals surface area contributed by atoms with Crippen molar-refractivity contribution in [3.63, 3.8) is 0 Å². The molecule has 2 N–H and O–H groups in total. The Morgan fingerprint density at radius 3 is 2.61 bits per heavy atom. The van der Waals surface area contributed by atoms with Crippen LogP contribution < -0.4 is 20.3 Å². The van der Waals surface area contributed by atoms with Crippen LogP contribution in [0.4, 0.5) is 0 Å². The molecule has 0 radical (unpaired) electrons. The second-order valence-electron chi connectivity index (χ2n) is 6.55. The highest BCUT2D eigenvalue weighted by molar-refractivity contribution is 7.98. The van der Waals surface area contributed by atoms with E-state index < -0.39 is 5.91 Å². The van der Waals surface area contributed by atoms with E-state index >= 15 is 0 Å². The topological polar surface area (TPSA) is 120 Å². The fraction of sp³-hybridized carbons (Fsp3) is 0.350. The average molecular weight is 445 g/mol. The third kappa shape index (κ3) is 4.88. The zero-order valence-corrected chi connectivity index (χ0v) is 18.8. The molecule has 10 nitrogen and oxygen atoms in total. The molecule has 1 aromatic carbocycles. The Morgan fingerprint density at radius 2 is 1.94 bits per heavy atom. The fourth-order valence-corrected chi connectivity index (χ4v) is 3.36. The molecule has 3 rings (SSSR count). The highest BCUT2D eigenvalue weighted by Crippen LogP contribution is 2.28. The van der Waals surface area contributed by atoms with Crippen LogP contribution in [0.25, 0.3) is 5.78 Å². The van der Waals surface area contributed by atoms with E-state index in [9.17, 15) is 9.59 Å². The summed E-state index contributed by atoms with van der Waals surface area (Å²) >= 11 is 1.42. The van der Waals surface area contributed by atoms with Crippen LogP contribution in [-0.4, -0.2) is 51.4 Å². The van der Waals surface area contributed by atoms with Crippen molar-refractivity contribution in [2.45, 2.75) is 32.3 Å². The standard InChI is InChI=1S/C20H24N6O4S/c1-6-30-15-8-7-13(9-16(15)29-4)18(28)24-23-17(27)10-14-11(2)21-19-22-20(31-5)25-26(19)12(14)3/h7-9H,6,10H2,1-5H3,(H,23,27)(H,24,28). The zero-order chi connectivity index (χ0) is 22.5. The van der Waals surface area contributed by atoms with Crippen LogP contribution in [0.5, 0.6) is 11.5 Å². The molecule has 2 aromatic heterocycles. The Hall–Kier alpha value is -3.34. The Morgan fingerprint density at radius 1 is 1.16 bits per heavy atom. The van der Waals surface area contributed by atoms with E-state index in [1.165, 1.54) is 18.9 Å². The number of aromatic nitrogens is 4. The molecule has 31 heavy (non-hydrogen) atoms. The van der Waals surface area contributed by atoms with Crippen LogP contribution >= 0.6 is 11.8 Å². The van der Waals surface area contributed by atoms with Gasteiger partial charge < -0.3 is 9.47 Å². The van der Waals surface area contributed by atoms with Gasteiger partial charge in [0.15, 0.2) is 11.5 Å². The van der Waals surface area contributed by atoms with Crippen molar-refractivity contribution in [2.24, 2.45) is 0 Å². The molecule has 0 saturated carbocycles. The van der Waals surface area contributed by atoms with Crippen LogP contribution in [0.15, 0.2) is 23.4 Å². The van der Waals surface area contributed by atoms with Crippen molar-refractivity contribution in [1.82, 2.24) is 30.4 Å². The van der Waals surface area contributed by atoms with E-state index in [0.29, 0.717) is 40.3 Å². The molecule has 11 heteroatoms. The number of benzene rings is 1. The number of methoxy groups -OCH3 is 1. The van der Waals surface area contributed by atoms with E-state index in [4.69, 9.17) is 9.47 Å². The number of hydrazine groups is 1. The Labute approximate surface area is 183 Å². The number of nitrogens with one attached hydrogen (secondary N) is 2. The molecule has 2 amide bonds. The van der Waals surface area contributed by atoms with Gasteiger partial charge in [-0.05, 0) is 45.2 Å². The Kier molecular flexibility index (Phi) is 6.95. The Bertz CT molecular complexity index is 1130. The van der Waals surface area contributed by atoms with Gasteiger partial charge >= 0.3 is 0 Å². The number of amides is 2. The lowest BCUT2D eigenvalue weighted by atomic mass is 10.1. The molecule has 0 saturated heterocycles. The quantitative estimate of drug-likeness (QED) is 0.419. The van der Waals surface area contributed by atoms with E-state index in [2.05, 4.69) is 25.9 Å². The van der Waals surface area contributed by atoms with Gasteiger partial charge in [0.2, 0.25) is 11.1 Å². The van der Waals surface area contributed by atoms with Crippen LogP contribution in [0.3, 0.4) is 0 Å². The lowest BCUT2D eigenvalue weighted by Crippen LogP contribution is -2.42. The molecule has 0 bridgehead atoms. The predicted molar refractivity (Wildman–Crippen MR) is 116 cm³/mol. The first kappa shape index (κ1) is 22.3. The summed E-state index contributed by atoms with van der Waals surface area (Å²) in [4.78, 5) is 33.6. The molecular formula is C20H24N6O4S. The largest absolute Gasteiger partial charge is 0.493 e. The molecule has 0 aliphatic rings. The van der Waals surface area contributed by atoms with Gasteiger partial charge in [-0.3, -0.25) is 20.4 Å². The van der Waals surface area contributed by atoms with E-state index in [1.807, 2.05) is 27.0 Å². The molecule has 0 atom stereocenters. The number of fused-ring (bicyclic) bond motifs is 1. The van der Waals surface area contributed by atoms with E-state index in [1.54, 1.807) is 22.7 Å². The number of rotatable bonds is 7. The fourth-order valence-electron chi connectivity index (χ4n) is 3.02. The van der Waals surface area contributed by atoms with Gasteiger partial charge in [0, 0.05) is 22.5 Å². The lowest BCUT2D eigenvalue weighted by molar-refractivity contribution is -0.121. The van der Waals surface area contributed by atoms with Crippen LogP contribution in [0.1, 0.15) is 34.2 Å². The number of carbonyl (C=O) groups is 2. The highest BCUT2D eigenvalue weighted by atomic mass is 32.2. The third-order valence-electron chi connectivity index (χ3n) is 4.59. The summed E-state index contributed by atoms with van der Waals surface area (Å²) < 4.78 is 12.3. The van der Waals surface area contributed by atoms with Gasteiger partial charge in [-0.15, -0.1) is 5.10 Å². The molecule has 3 aromatic rings. The summed E-state index contributed by atoms with van der Waals surface area (Å²) in [7, 11) is 1.49. The van der Waals surface area contributed by atoms with Gasteiger partial charge in [-0.1, -0.05) is 11.8 Å². The summed E-state index contributed by atoms with van der Waals surface area (Å²) in [6.45, 7) is 6.00. The summed E-state index contributed by atoms with van der Waals surface area (Å²) in [6.07, 6.45) is 1.91. The first-order valence-electron chi connectivity index (χ1n) is 9.54. The number of carbonyl (C=O) groups excluding carboxylic acids is 2. The number of thioether (sulfide) groups is 1. The second kappa shape index (κ2) is 9.65. The monoisotopic (exact) mass is 444 g/mol. The summed E-state index contributed by atoms with van der Waals surface area (Å²) in [5, 5.41) is 4.98. The Balaban J connectivity index is 1.68. The van der Waals surface area contributed by atoms with Crippen molar-refractivity contribution < 1.29 is 19.1 Å². The van der Waals surface area contributed by atoms with Crippen LogP contribution in [-0.2, 0) is 11.2 Å². The summed E-state index contributed by atoms with van der Waals surface area (Å²) in [5.41, 5.74) is 7.35. The smallest absolute Gasteiger partial charge is 0.269 e. The number of hydrogen-bond donors (Lipinski definition) is 2. The van der Waals surface area contributed by atoms with E-state index in [0.717, 1.165) is 11.3 Å². The van der Waals surface area contributed by atoms with Gasteiger partial charge in [-0.25, -0.2) is 9.50 Å².